The molecule has 0 atom stereocenters. The maximum absolute atomic E-state index is 4.70. The van der Waals surface area contributed by atoms with Crippen LogP contribution in [0.3, 0.4) is 0 Å². The van der Waals surface area contributed by atoms with Gasteiger partial charge >= 0.3 is 0 Å². The molecule has 2 heterocycles. The van der Waals surface area contributed by atoms with E-state index in [1.165, 1.54) is 11.1 Å². The zero-order valence-corrected chi connectivity index (χ0v) is 10.5. The van der Waals surface area contributed by atoms with Gasteiger partial charge in [0.1, 0.15) is 5.82 Å². The van der Waals surface area contributed by atoms with Crippen LogP contribution < -0.4 is 4.90 Å². The molecule has 92 valence electrons. The van der Waals surface area contributed by atoms with Crippen LogP contribution >= 0.6 is 0 Å². The molecule has 0 saturated heterocycles. The van der Waals surface area contributed by atoms with Crippen LogP contribution in [0.15, 0.2) is 54.7 Å². The van der Waals surface area contributed by atoms with E-state index in [9.17, 15) is 0 Å². The van der Waals surface area contributed by atoms with E-state index in [0.29, 0.717) is 0 Å². The van der Waals surface area contributed by atoms with Crippen molar-refractivity contribution in [1.82, 2.24) is 9.97 Å². The third-order valence-electron chi connectivity index (χ3n) is 3.60. The zero-order chi connectivity index (χ0) is 12.7. The van der Waals surface area contributed by atoms with Crippen molar-refractivity contribution in [3.8, 4) is 0 Å². The summed E-state index contributed by atoms with van der Waals surface area (Å²) in [5, 5.41) is 0. The van der Waals surface area contributed by atoms with Gasteiger partial charge in [-0.25, -0.2) is 4.98 Å². The third kappa shape index (κ3) is 1.74. The molecule has 1 aliphatic heterocycles. The molecule has 19 heavy (non-hydrogen) atoms. The normalized spacial score (nSPS) is 13.8. The molecule has 0 unspecified atom stereocenters. The number of benzene rings is 2. The van der Waals surface area contributed by atoms with Crippen molar-refractivity contribution >= 4 is 16.9 Å². The van der Waals surface area contributed by atoms with Crippen molar-refractivity contribution in [1.29, 1.82) is 0 Å². The van der Waals surface area contributed by atoms with Gasteiger partial charge in [0, 0.05) is 13.1 Å². The van der Waals surface area contributed by atoms with E-state index in [1.54, 1.807) is 0 Å². The summed E-state index contributed by atoms with van der Waals surface area (Å²) in [5.41, 5.74) is 4.67. The molecule has 0 spiro atoms. The first-order valence-electron chi connectivity index (χ1n) is 6.44. The zero-order valence-electron chi connectivity index (χ0n) is 10.5. The van der Waals surface area contributed by atoms with Gasteiger partial charge in [-0.05, 0) is 23.3 Å². The first-order chi connectivity index (χ1) is 9.40. The molecule has 0 saturated carbocycles. The fourth-order valence-electron chi connectivity index (χ4n) is 2.59. The highest BCUT2D eigenvalue weighted by molar-refractivity contribution is 5.75. The molecular formula is C16H13N3. The lowest BCUT2D eigenvalue weighted by Gasteiger charge is -2.16. The molecular weight excluding hydrogens is 234 g/mol. The van der Waals surface area contributed by atoms with Crippen LogP contribution in [0.2, 0.25) is 0 Å². The smallest absolute Gasteiger partial charge is 0.148 e. The Labute approximate surface area is 111 Å². The Hall–Kier alpha value is -2.42. The number of anilines is 1. The fourth-order valence-corrected chi connectivity index (χ4v) is 2.59. The summed E-state index contributed by atoms with van der Waals surface area (Å²) in [6.45, 7) is 1.84. The first-order valence-corrected chi connectivity index (χ1v) is 6.44. The molecule has 3 nitrogen and oxygen atoms in total. The van der Waals surface area contributed by atoms with Crippen LogP contribution in [-0.4, -0.2) is 9.97 Å². The summed E-state index contributed by atoms with van der Waals surface area (Å²) in [7, 11) is 0. The van der Waals surface area contributed by atoms with E-state index < -0.39 is 0 Å². The highest BCUT2D eigenvalue weighted by atomic mass is 15.2. The van der Waals surface area contributed by atoms with Gasteiger partial charge in [0.25, 0.3) is 0 Å². The van der Waals surface area contributed by atoms with E-state index >= 15 is 0 Å². The number of nitrogens with zero attached hydrogens (tertiary/aromatic N) is 3. The molecule has 0 bridgehead atoms. The highest BCUT2D eigenvalue weighted by Gasteiger charge is 2.19. The lowest BCUT2D eigenvalue weighted by molar-refractivity contribution is 0.856. The van der Waals surface area contributed by atoms with E-state index in [4.69, 9.17) is 4.98 Å². The van der Waals surface area contributed by atoms with Gasteiger partial charge in [-0.1, -0.05) is 36.4 Å². The predicted molar refractivity (Wildman–Crippen MR) is 75.9 cm³/mol. The van der Waals surface area contributed by atoms with Gasteiger partial charge in [0.05, 0.1) is 17.2 Å². The van der Waals surface area contributed by atoms with Gasteiger partial charge in [0.15, 0.2) is 0 Å². The molecule has 0 aliphatic carbocycles. The van der Waals surface area contributed by atoms with Gasteiger partial charge in [-0.2, -0.15) is 0 Å². The number of rotatable bonds is 1. The highest BCUT2D eigenvalue weighted by Crippen LogP contribution is 2.27. The molecule has 0 amide bonds. The minimum Gasteiger partial charge on any atom is -0.347 e. The average Bonchev–Trinajstić information content (AvgIpc) is 2.90. The number of aromatic nitrogens is 2. The molecule has 2 aromatic carbocycles. The van der Waals surface area contributed by atoms with Crippen LogP contribution in [0.5, 0.6) is 0 Å². The van der Waals surface area contributed by atoms with Crippen molar-refractivity contribution < 1.29 is 0 Å². The topological polar surface area (TPSA) is 29.0 Å². The van der Waals surface area contributed by atoms with Gasteiger partial charge in [-0.15, -0.1) is 0 Å². The van der Waals surface area contributed by atoms with Gasteiger partial charge < -0.3 is 4.90 Å². The molecule has 1 aliphatic rings. The Kier molecular flexibility index (Phi) is 2.24. The summed E-state index contributed by atoms with van der Waals surface area (Å²) in [6.07, 6.45) is 1.87. The molecule has 1 aromatic heterocycles. The number of fused-ring (bicyclic) bond motifs is 2. The molecule has 0 N–H and O–H groups in total. The van der Waals surface area contributed by atoms with Crippen LogP contribution in [0.1, 0.15) is 11.1 Å². The van der Waals surface area contributed by atoms with Crippen molar-refractivity contribution in [3.05, 3.63) is 65.9 Å². The number of hydrogen-bond donors (Lipinski definition) is 0. The second-order valence-electron chi connectivity index (χ2n) is 4.84. The molecule has 3 heteroatoms. The quantitative estimate of drug-likeness (QED) is 0.661. The van der Waals surface area contributed by atoms with Crippen LogP contribution in [0.25, 0.3) is 11.0 Å². The number of hydrogen-bond acceptors (Lipinski definition) is 3. The first kappa shape index (κ1) is 10.5. The van der Waals surface area contributed by atoms with Crippen LogP contribution in [0.4, 0.5) is 5.82 Å². The van der Waals surface area contributed by atoms with E-state index in [0.717, 1.165) is 29.9 Å². The molecule has 0 radical (unpaired) electrons. The summed E-state index contributed by atoms with van der Waals surface area (Å²) >= 11 is 0. The Morgan fingerprint density at radius 3 is 2.16 bits per heavy atom. The van der Waals surface area contributed by atoms with E-state index in [-0.39, 0.29) is 0 Å². The average molecular weight is 247 g/mol. The Morgan fingerprint density at radius 2 is 1.42 bits per heavy atom. The summed E-state index contributed by atoms with van der Waals surface area (Å²) < 4.78 is 0. The van der Waals surface area contributed by atoms with Gasteiger partial charge in [0.2, 0.25) is 0 Å². The van der Waals surface area contributed by atoms with Crippen LogP contribution in [0, 0.1) is 0 Å². The lowest BCUT2D eigenvalue weighted by Crippen LogP contribution is -2.16. The maximum Gasteiger partial charge on any atom is 0.148 e. The molecule has 0 fully saturated rings. The summed E-state index contributed by atoms with van der Waals surface area (Å²) in [5.74, 6) is 0.954. The lowest BCUT2D eigenvalue weighted by atomic mass is 10.1. The summed E-state index contributed by atoms with van der Waals surface area (Å²) in [4.78, 5) is 11.5. The fraction of sp³-hybridized carbons (Fsp3) is 0.125. The maximum atomic E-state index is 4.70. The largest absolute Gasteiger partial charge is 0.347 e. The Morgan fingerprint density at radius 1 is 0.789 bits per heavy atom. The van der Waals surface area contributed by atoms with Crippen molar-refractivity contribution in [2.24, 2.45) is 0 Å². The third-order valence-corrected chi connectivity index (χ3v) is 3.60. The van der Waals surface area contributed by atoms with E-state index in [1.807, 2.05) is 30.5 Å². The standard InChI is InChI=1S/C16H13N3/c1-2-6-13-11-19(10-12(13)5-1)16-9-17-14-7-3-4-8-15(14)18-16/h1-9H,10-11H2. The second-order valence-corrected chi connectivity index (χ2v) is 4.84. The minimum absolute atomic E-state index is 0.920. The molecule has 4 rings (SSSR count). The van der Waals surface area contributed by atoms with Gasteiger partial charge in [-0.3, -0.25) is 4.98 Å². The van der Waals surface area contributed by atoms with Crippen molar-refractivity contribution in [2.45, 2.75) is 13.1 Å². The SMILES string of the molecule is c1ccc2c(c1)CN(c1cnc3ccccc3n1)C2. The van der Waals surface area contributed by atoms with Crippen molar-refractivity contribution in [2.75, 3.05) is 4.90 Å². The number of para-hydroxylation sites is 2. The summed E-state index contributed by atoms with van der Waals surface area (Å²) in [6, 6.07) is 16.5. The van der Waals surface area contributed by atoms with Crippen molar-refractivity contribution in [3.63, 3.8) is 0 Å². The minimum atomic E-state index is 0.920. The Balaban J connectivity index is 1.73. The predicted octanol–water partition coefficient (Wildman–Crippen LogP) is 3.15. The molecule has 3 aromatic rings. The van der Waals surface area contributed by atoms with Crippen LogP contribution in [-0.2, 0) is 13.1 Å². The second kappa shape index (κ2) is 4.05. The van der Waals surface area contributed by atoms with E-state index in [2.05, 4.69) is 34.1 Å². The monoisotopic (exact) mass is 247 g/mol. The Bertz CT molecular complexity index is 727.